The van der Waals surface area contributed by atoms with E-state index in [1.807, 2.05) is 6.92 Å². The van der Waals surface area contributed by atoms with Gasteiger partial charge in [-0.05, 0) is 37.2 Å². The van der Waals surface area contributed by atoms with E-state index in [1.54, 1.807) is 6.07 Å². The summed E-state index contributed by atoms with van der Waals surface area (Å²) in [7, 11) is 2.05. The molecule has 1 aromatic rings. The molecule has 0 bridgehead atoms. The zero-order chi connectivity index (χ0) is 14.7. The van der Waals surface area contributed by atoms with Crippen LogP contribution in [0.4, 0.5) is 4.39 Å². The van der Waals surface area contributed by atoms with Crippen LogP contribution in [0, 0.1) is 12.7 Å². The van der Waals surface area contributed by atoms with E-state index in [0.29, 0.717) is 0 Å². The van der Waals surface area contributed by atoms with Gasteiger partial charge in [0.2, 0.25) is 0 Å². The van der Waals surface area contributed by atoms with Gasteiger partial charge in [0.25, 0.3) is 0 Å². The predicted octanol–water partition coefficient (Wildman–Crippen LogP) is 1.90. The Morgan fingerprint density at radius 2 is 2.00 bits per heavy atom. The standard InChI is InChI=1S/C15H21FN2O2/c1-11-3-4-12(16)9-13(11)14(10-15(19)20)18-7-5-17(2)6-8-18/h3-4,9,14H,5-8,10H2,1-2H3,(H,19,20). The van der Waals surface area contributed by atoms with Gasteiger partial charge in [0, 0.05) is 32.2 Å². The van der Waals surface area contributed by atoms with Crippen LogP contribution in [0.25, 0.3) is 0 Å². The van der Waals surface area contributed by atoms with Crippen LogP contribution in [0.3, 0.4) is 0 Å². The Balaban J connectivity index is 2.27. The molecule has 5 heteroatoms. The number of hydrogen-bond donors (Lipinski definition) is 1. The van der Waals surface area contributed by atoms with E-state index in [2.05, 4.69) is 16.8 Å². The fraction of sp³-hybridized carbons (Fsp3) is 0.533. The molecule has 1 saturated heterocycles. The van der Waals surface area contributed by atoms with Gasteiger partial charge in [-0.2, -0.15) is 0 Å². The predicted molar refractivity (Wildman–Crippen MR) is 75.2 cm³/mol. The minimum atomic E-state index is -0.849. The number of aryl methyl sites for hydroxylation is 1. The molecule has 1 aliphatic heterocycles. The summed E-state index contributed by atoms with van der Waals surface area (Å²) in [6, 6.07) is 4.36. The highest BCUT2D eigenvalue weighted by Gasteiger charge is 2.27. The molecule has 4 nitrogen and oxygen atoms in total. The van der Waals surface area contributed by atoms with Gasteiger partial charge in [-0.25, -0.2) is 4.39 Å². The fourth-order valence-corrected chi connectivity index (χ4v) is 2.71. The number of halogens is 1. The second kappa shape index (κ2) is 6.33. The third-order valence-corrected chi connectivity index (χ3v) is 3.95. The summed E-state index contributed by atoms with van der Waals surface area (Å²) in [5.74, 6) is -1.16. The first-order valence-corrected chi connectivity index (χ1v) is 6.88. The number of nitrogens with zero attached hydrogens (tertiary/aromatic N) is 2. The quantitative estimate of drug-likeness (QED) is 0.915. The van der Waals surface area contributed by atoms with Crippen LogP contribution >= 0.6 is 0 Å². The molecule has 1 N–H and O–H groups in total. The second-order valence-corrected chi connectivity index (χ2v) is 5.45. The maximum Gasteiger partial charge on any atom is 0.305 e. The summed E-state index contributed by atoms with van der Waals surface area (Å²) in [4.78, 5) is 15.5. The zero-order valence-electron chi connectivity index (χ0n) is 12.0. The van der Waals surface area contributed by atoms with E-state index >= 15 is 0 Å². The van der Waals surface area contributed by atoms with Crippen molar-refractivity contribution in [3.05, 3.63) is 35.1 Å². The molecule has 0 saturated carbocycles. The van der Waals surface area contributed by atoms with E-state index in [-0.39, 0.29) is 18.3 Å². The zero-order valence-corrected chi connectivity index (χ0v) is 12.0. The van der Waals surface area contributed by atoms with E-state index in [4.69, 9.17) is 5.11 Å². The van der Waals surface area contributed by atoms with E-state index in [1.165, 1.54) is 12.1 Å². The molecule has 1 unspecified atom stereocenters. The summed E-state index contributed by atoms with van der Waals surface area (Å²) in [6.45, 7) is 5.34. The number of carbonyl (C=O) groups is 1. The summed E-state index contributed by atoms with van der Waals surface area (Å²) in [6.07, 6.45) is 0.00794. The van der Waals surface area contributed by atoms with Crippen LogP contribution in [0.15, 0.2) is 18.2 Å². The van der Waals surface area contributed by atoms with Crippen molar-refractivity contribution in [2.45, 2.75) is 19.4 Å². The van der Waals surface area contributed by atoms with Crippen LogP contribution in [-0.4, -0.2) is 54.1 Å². The molecule has 0 radical (unpaired) electrons. The number of aliphatic carboxylic acids is 1. The largest absolute Gasteiger partial charge is 0.481 e. The first-order chi connectivity index (χ1) is 9.47. The lowest BCUT2D eigenvalue weighted by molar-refractivity contribution is -0.138. The van der Waals surface area contributed by atoms with Crippen molar-refractivity contribution in [2.75, 3.05) is 33.2 Å². The highest BCUT2D eigenvalue weighted by atomic mass is 19.1. The van der Waals surface area contributed by atoms with Gasteiger partial charge in [0.15, 0.2) is 0 Å². The third kappa shape index (κ3) is 3.55. The van der Waals surface area contributed by atoms with Crippen LogP contribution in [0.1, 0.15) is 23.6 Å². The van der Waals surface area contributed by atoms with Gasteiger partial charge < -0.3 is 10.0 Å². The Labute approximate surface area is 118 Å². The lowest BCUT2D eigenvalue weighted by Gasteiger charge is -2.38. The molecule has 110 valence electrons. The molecule has 0 amide bonds. The molecule has 1 fully saturated rings. The second-order valence-electron chi connectivity index (χ2n) is 5.45. The van der Waals surface area contributed by atoms with Gasteiger partial charge in [0.1, 0.15) is 5.82 Å². The molecule has 1 heterocycles. The van der Waals surface area contributed by atoms with Crippen LogP contribution < -0.4 is 0 Å². The van der Waals surface area contributed by atoms with Crippen LogP contribution in [0.5, 0.6) is 0 Å². The van der Waals surface area contributed by atoms with E-state index in [0.717, 1.165) is 37.3 Å². The van der Waals surface area contributed by atoms with Gasteiger partial charge >= 0.3 is 5.97 Å². The topological polar surface area (TPSA) is 43.8 Å². The number of carboxylic acid groups (broad SMARTS) is 1. The van der Waals surface area contributed by atoms with E-state index in [9.17, 15) is 9.18 Å². The Morgan fingerprint density at radius 1 is 1.35 bits per heavy atom. The number of carboxylic acids is 1. The normalized spacial score (nSPS) is 18.9. The SMILES string of the molecule is Cc1ccc(F)cc1C(CC(=O)O)N1CCN(C)CC1. The van der Waals surface area contributed by atoms with Crippen molar-refractivity contribution >= 4 is 5.97 Å². The number of benzene rings is 1. The third-order valence-electron chi connectivity index (χ3n) is 3.95. The fourth-order valence-electron chi connectivity index (χ4n) is 2.71. The van der Waals surface area contributed by atoms with E-state index < -0.39 is 5.97 Å². The average Bonchev–Trinajstić information content (AvgIpc) is 2.40. The summed E-state index contributed by atoms with van der Waals surface area (Å²) in [5, 5.41) is 9.16. The van der Waals surface area contributed by atoms with Crippen molar-refractivity contribution < 1.29 is 14.3 Å². The maximum atomic E-state index is 13.5. The summed E-state index contributed by atoms with van der Waals surface area (Å²) < 4.78 is 13.5. The molecule has 1 aliphatic rings. The first kappa shape index (κ1) is 14.9. The van der Waals surface area contributed by atoms with Crippen molar-refractivity contribution in [2.24, 2.45) is 0 Å². The van der Waals surface area contributed by atoms with Crippen molar-refractivity contribution in [1.29, 1.82) is 0 Å². The molecular weight excluding hydrogens is 259 g/mol. The number of hydrogen-bond acceptors (Lipinski definition) is 3. The van der Waals surface area contributed by atoms with Gasteiger partial charge in [-0.3, -0.25) is 9.69 Å². The number of likely N-dealkylation sites (N-methyl/N-ethyl adjacent to an activating group) is 1. The molecule has 2 rings (SSSR count). The highest BCUT2D eigenvalue weighted by Crippen LogP contribution is 2.28. The maximum absolute atomic E-state index is 13.5. The van der Waals surface area contributed by atoms with Gasteiger partial charge in [-0.15, -0.1) is 0 Å². The average molecular weight is 280 g/mol. The molecule has 0 aliphatic carbocycles. The number of rotatable bonds is 4. The Bertz CT molecular complexity index is 485. The van der Waals surface area contributed by atoms with Crippen LogP contribution in [-0.2, 0) is 4.79 Å². The number of piperazine rings is 1. The van der Waals surface area contributed by atoms with Gasteiger partial charge in [-0.1, -0.05) is 6.07 Å². The monoisotopic (exact) mass is 280 g/mol. The molecule has 1 aromatic carbocycles. The molecular formula is C15H21FN2O2. The Hall–Kier alpha value is -1.46. The first-order valence-electron chi connectivity index (χ1n) is 6.88. The van der Waals surface area contributed by atoms with Crippen molar-refractivity contribution in [3.63, 3.8) is 0 Å². The lowest BCUT2D eigenvalue weighted by atomic mass is 9.96. The van der Waals surface area contributed by atoms with Crippen molar-refractivity contribution in [3.8, 4) is 0 Å². The highest BCUT2D eigenvalue weighted by molar-refractivity contribution is 5.68. The molecule has 0 spiro atoms. The Morgan fingerprint density at radius 3 is 2.60 bits per heavy atom. The summed E-state index contributed by atoms with van der Waals surface area (Å²) >= 11 is 0. The van der Waals surface area contributed by atoms with Crippen LogP contribution in [0.2, 0.25) is 0 Å². The smallest absolute Gasteiger partial charge is 0.305 e. The molecule has 20 heavy (non-hydrogen) atoms. The minimum absolute atomic E-state index is 0.00794. The van der Waals surface area contributed by atoms with Gasteiger partial charge in [0.05, 0.1) is 6.42 Å². The lowest BCUT2D eigenvalue weighted by Crippen LogP contribution is -2.46. The summed E-state index contributed by atoms with van der Waals surface area (Å²) in [5.41, 5.74) is 1.73. The molecule has 1 atom stereocenters. The van der Waals surface area contributed by atoms with Crippen molar-refractivity contribution in [1.82, 2.24) is 9.80 Å². The molecule has 0 aromatic heterocycles. The Kier molecular flexibility index (Phi) is 4.73. The minimum Gasteiger partial charge on any atom is -0.481 e.